The Balaban J connectivity index is 2.07. The molecule has 0 spiro atoms. The van der Waals surface area contributed by atoms with E-state index >= 15 is 0 Å². The molecule has 0 saturated heterocycles. The highest BCUT2D eigenvalue weighted by molar-refractivity contribution is 5.79. The first-order valence-electron chi connectivity index (χ1n) is 4.88. The average molecular weight is 211 g/mol. The second-order valence-electron chi connectivity index (χ2n) is 3.37. The molecule has 1 rings (SSSR count). The molecule has 4 N–H and O–H groups in total. The van der Waals surface area contributed by atoms with Crippen molar-refractivity contribution < 1.29 is 5.21 Å². The molecular weight excluding hydrogens is 194 g/mol. The van der Waals surface area contributed by atoms with Gasteiger partial charge in [-0.05, 0) is 12.5 Å². The number of nitrogens with zero attached hydrogens (tertiary/aromatic N) is 3. The maximum Gasteiger partial charge on any atom is 0.140 e. The molecule has 0 aliphatic heterocycles. The molecule has 0 amide bonds. The number of amidine groups is 1. The molecule has 1 aromatic heterocycles. The summed E-state index contributed by atoms with van der Waals surface area (Å²) in [5.74, 6) is 0.248. The first-order chi connectivity index (χ1) is 7.22. The van der Waals surface area contributed by atoms with Crippen molar-refractivity contribution in [2.45, 2.75) is 19.9 Å². The summed E-state index contributed by atoms with van der Waals surface area (Å²) < 4.78 is 1.88. The highest BCUT2D eigenvalue weighted by atomic mass is 16.4. The van der Waals surface area contributed by atoms with E-state index in [0.717, 1.165) is 18.7 Å². The van der Waals surface area contributed by atoms with Crippen molar-refractivity contribution in [3.63, 3.8) is 0 Å². The number of aryl methyl sites for hydroxylation is 1. The van der Waals surface area contributed by atoms with Crippen molar-refractivity contribution >= 4 is 5.84 Å². The molecule has 1 aromatic rings. The summed E-state index contributed by atoms with van der Waals surface area (Å²) in [6.07, 6.45) is 4.37. The molecule has 0 atom stereocenters. The predicted molar refractivity (Wildman–Crippen MR) is 57.9 cm³/mol. The summed E-state index contributed by atoms with van der Waals surface area (Å²) in [4.78, 5) is 0. The molecule has 0 aliphatic rings. The van der Waals surface area contributed by atoms with Gasteiger partial charge in [0.1, 0.15) is 5.84 Å². The van der Waals surface area contributed by atoms with E-state index in [1.807, 2.05) is 24.0 Å². The quantitative estimate of drug-likeness (QED) is 0.202. The van der Waals surface area contributed by atoms with Gasteiger partial charge < -0.3 is 16.3 Å². The predicted octanol–water partition coefficient (Wildman–Crippen LogP) is -0.0824. The third-order valence-corrected chi connectivity index (χ3v) is 1.97. The molecule has 0 radical (unpaired) electrons. The molecule has 0 fully saturated rings. The molecule has 1 heterocycles. The van der Waals surface area contributed by atoms with Gasteiger partial charge in [-0.3, -0.25) is 4.68 Å². The summed E-state index contributed by atoms with van der Waals surface area (Å²) in [6.45, 7) is 4.36. The minimum absolute atomic E-state index is 0.248. The van der Waals surface area contributed by atoms with Crippen LogP contribution >= 0.6 is 0 Å². The summed E-state index contributed by atoms with van der Waals surface area (Å²) in [6, 6.07) is 0. The zero-order valence-corrected chi connectivity index (χ0v) is 8.85. The van der Waals surface area contributed by atoms with Gasteiger partial charge in [0.05, 0.1) is 12.7 Å². The largest absolute Gasteiger partial charge is 0.409 e. The van der Waals surface area contributed by atoms with E-state index in [4.69, 9.17) is 10.9 Å². The lowest BCUT2D eigenvalue weighted by Crippen LogP contribution is -2.25. The van der Waals surface area contributed by atoms with Gasteiger partial charge in [-0.25, -0.2) is 0 Å². The molecule has 6 heteroatoms. The minimum atomic E-state index is 0.248. The van der Waals surface area contributed by atoms with Crippen molar-refractivity contribution in [2.75, 3.05) is 13.1 Å². The average Bonchev–Trinajstić information content (AvgIpc) is 2.63. The molecular formula is C9H17N5O. The van der Waals surface area contributed by atoms with Gasteiger partial charge in [0.25, 0.3) is 0 Å². The summed E-state index contributed by atoms with van der Waals surface area (Å²) in [5, 5.41) is 18.5. The van der Waals surface area contributed by atoms with Crippen LogP contribution in [-0.4, -0.2) is 33.9 Å². The minimum Gasteiger partial charge on any atom is -0.409 e. The van der Waals surface area contributed by atoms with Gasteiger partial charge in [0.15, 0.2) is 0 Å². The molecule has 0 aromatic carbocycles. The Morgan fingerprint density at radius 3 is 3.07 bits per heavy atom. The Kier molecular flexibility index (Phi) is 4.62. The Morgan fingerprint density at radius 1 is 1.67 bits per heavy atom. The van der Waals surface area contributed by atoms with E-state index in [1.165, 1.54) is 0 Å². The van der Waals surface area contributed by atoms with Gasteiger partial charge in [0.2, 0.25) is 0 Å². The van der Waals surface area contributed by atoms with Gasteiger partial charge in [-0.15, -0.1) is 0 Å². The zero-order valence-electron chi connectivity index (χ0n) is 8.85. The highest BCUT2D eigenvalue weighted by Crippen LogP contribution is 1.92. The fraction of sp³-hybridized carbons (Fsp3) is 0.556. The number of oxime groups is 1. The third kappa shape index (κ3) is 4.46. The van der Waals surface area contributed by atoms with Gasteiger partial charge >= 0.3 is 0 Å². The van der Waals surface area contributed by atoms with Crippen molar-refractivity contribution in [2.24, 2.45) is 10.9 Å². The number of rotatable bonds is 6. The molecule has 0 bridgehead atoms. The Labute approximate surface area is 88.8 Å². The van der Waals surface area contributed by atoms with Crippen LogP contribution in [0.5, 0.6) is 0 Å². The lowest BCUT2D eigenvalue weighted by molar-refractivity contribution is 0.316. The van der Waals surface area contributed by atoms with E-state index in [1.54, 1.807) is 0 Å². The normalized spacial score (nSPS) is 11.9. The first kappa shape index (κ1) is 11.5. The van der Waals surface area contributed by atoms with Crippen LogP contribution in [0.25, 0.3) is 0 Å². The summed E-state index contributed by atoms with van der Waals surface area (Å²) in [5.41, 5.74) is 6.47. The molecule has 15 heavy (non-hydrogen) atoms. The fourth-order valence-corrected chi connectivity index (χ4v) is 1.17. The standard InChI is InChI=1S/C9H17N5O/c1-8-6-12-14(7-8)5-4-11-3-2-9(10)13-15/h6-7,11,15H,2-5H2,1H3,(H2,10,13). The monoisotopic (exact) mass is 211 g/mol. The van der Waals surface area contributed by atoms with Crippen LogP contribution in [-0.2, 0) is 6.54 Å². The highest BCUT2D eigenvalue weighted by Gasteiger charge is 1.95. The van der Waals surface area contributed by atoms with Crippen molar-refractivity contribution in [1.82, 2.24) is 15.1 Å². The van der Waals surface area contributed by atoms with Gasteiger partial charge in [-0.2, -0.15) is 5.10 Å². The van der Waals surface area contributed by atoms with Crippen LogP contribution in [0.2, 0.25) is 0 Å². The lowest BCUT2D eigenvalue weighted by Gasteiger charge is -2.03. The molecule has 0 saturated carbocycles. The van der Waals surface area contributed by atoms with E-state index in [0.29, 0.717) is 13.0 Å². The van der Waals surface area contributed by atoms with Crippen molar-refractivity contribution in [3.8, 4) is 0 Å². The molecule has 6 nitrogen and oxygen atoms in total. The van der Waals surface area contributed by atoms with Crippen LogP contribution < -0.4 is 11.1 Å². The number of aromatic nitrogens is 2. The van der Waals surface area contributed by atoms with Crippen molar-refractivity contribution in [3.05, 3.63) is 18.0 Å². The Morgan fingerprint density at radius 2 is 2.47 bits per heavy atom. The lowest BCUT2D eigenvalue weighted by atomic mass is 10.4. The Hall–Kier alpha value is -1.56. The second kappa shape index (κ2) is 6.02. The number of nitrogens with two attached hydrogens (primary N) is 1. The fourth-order valence-electron chi connectivity index (χ4n) is 1.17. The van der Waals surface area contributed by atoms with Gasteiger partial charge in [0, 0.05) is 25.7 Å². The molecule has 0 unspecified atom stereocenters. The van der Waals surface area contributed by atoms with E-state index in [9.17, 15) is 0 Å². The SMILES string of the molecule is Cc1cnn(CCNCCC(N)=NO)c1. The number of hydrogen-bond acceptors (Lipinski definition) is 4. The first-order valence-corrected chi connectivity index (χ1v) is 4.88. The molecule has 84 valence electrons. The van der Waals surface area contributed by atoms with E-state index in [-0.39, 0.29) is 5.84 Å². The van der Waals surface area contributed by atoms with Crippen LogP contribution in [0.3, 0.4) is 0 Å². The molecule has 0 aliphatic carbocycles. The summed E-state index contributed by atoms with van der Waals surface area (Å²) >= 11 is 0. The van der Waals surface area contributed by atoms with E-state index in [2.05, 4.69) is 15.6 Å². The smallest absolute Gasteiger partial charge is 0.140 e. The van der Waals surface area contributed by atoms with E-state index < -0.39 is 0 Å². The van der Waals surface area contributed by atoms with Crippen molar-refractivity contribution in [1.29, 1.82) is 0 Å². The topological polar surface area (TPSA) is 88.5 Å². The third-order valence-electron chi connectivity index (χ3n) is 1.97. The maximum absolute atomic E-state index is 8.29. The zero-order chi connectivity index (χ0) is 11.1. The van der Waals surface area contributed by atoms with Crippen LogP contribution in [0.15, 0.2) is 17.5 Å². The van der Waals surface area contributed by atoms with Gasteiger partial charge in [-0.1, -0.05) is 5.16 Å². The summed E-state index contributed by atoms with van der Waals surface area (Å²) in [7, 11) is 0. The second-order valence-corrected chi connectivity index (χ2v) is 3.37. The number of nitrogens with one attached hydrogen (secondary N) is 1. The number of hydrogen-bond donors (Lipinski definition) is 3. The Bertz CT molecular complexity index is 320. The van der Waals surface area contributed by atoms with Crippen LogP contribution in [0.1, 0.15) is 12.0 Å². The maximum atomic E-state index is 8.29. The van der Waals surface area contributed by atoms with Crippen LogP contribution in [0.4, 0.5) is 0 Å². The van der Waals surface area contributed by atoms with Crippen LogP contribution in [0, 0.1) is 6.92 Å².